The fourth-order valence-corrected chi connectivity index (χ4v) is 0.817. The Morgan fingerprint density at radius 2 is 2.30 bits per heavy atom. The highest BCUT2D eigenvalue weighted by molar-refractivity contribution is 5.35. The van der Waals surface area contributed by atoms with Crippen molar-refractivity contribution in [1.82, 2.24) is 0 Å². The molecular formula is C10H9. The number of terminal acetylenes is 1. The Morgan fingerprint density at radius 1 is 1.50 bits per heavy atom. The Labute approximate surface area is 61.9 Å². The van der Waals surface area contributed by atoms with Gasteiger partial charge in [0.05, 0.1) is 0 Å². The summed E-state index contributed by atoms with van der Waals surface area (Å²) in [6.45, 7) is 3.76. The van der Waals surface area contributed by atoms with Crippen LogP contribution in [0.5, 0.6) is 0 Å². The maximum Gasteiger partial charge on any atom is 0.0245 e. The van der Waals surface area contributed by atoms with Crippen LogP contribution in [0.1, 0.15) is 11.1 Å². The van der Waals surface area contributed by atoms with E-state index in [-0.39, 0.29) is 0 Å². The van der Waals surface area contributed by atoms with Crippen molar-refractivity contribution in [2.45, 2.75) is 6.42 Å². The predicted octanol–water partition coefficient (Wildman–Crippen LogP) is 2.04. The second-order valence-electron chi connectivity index (χ2n) is 2.09. The predicted molar refractivity (Wildman–Crippen MR) is 43.4 cm³/mol. The summed E-state index contributed by atoms with van der Waals surface area (Å²) in [5, 5.41) is 0. The Morgan fingerprint density at radius 3 is 2.90 bits per heavy atom. The average Bonchev–Trinajstić information content (AvgIpc) is 2.05. The summed E-state index contributed by atoms with van der Waals surface area (Å²) in [5.74, 6) is 2.57. The largest absolute Gasteiger partial charge is 0.115 e. The van der Waals surface area contributed by atoms with Gasteiger partial charge in [0.15, 0.2) is 0 Å². The van der Waals surface area contributed by atoms with Gasteiger partial charge in [0.1, 0.15) is 0 Å². The molecule has 0 aliphatic heterocycles. The zero-order valence-electron chi connectivity index (χ0n) is 5.80. The van der Waals surface area contributed by atoms with E-state index in [0.29, 0.717) is 0 Å². The molecule has 0 heterocycles. The van der Waals surface area contributed by atoms with Crippen molar-refractivity contribution in [2.75, 3.05) is 0 Å². The van der Waals surface area contributed by atoms with Crippen LogP contribution in [0, 0.1) is 19.3 Å². The molecule has 0 aromatic heterocycles. The van der Waals surface area contributed by atoms with E-state index in [1.807, 2.05) is 24.3 Å². The zero-order chi connectivity index (χ0) is 7.40. The van der Waals surface area contributed by atoms with Crippen LogP contribution in [0.25, 0.3) is 0 Å². The van der Waals surface area contributed by atoms with Gasteiger partial charge in [-0.2, -0.15) is 0 Å². The molecule has 1 aromatic carbocycles. The molecule has 0 aliphatic carbocycles. The van der Waals surface area contributed by atoms with Gasteiger partial charge in [0.2, 0.25) is 0 Å². The minimum atomic E-state index is 0.801. The van der Waals surface area contributed by atoms with E-state index in [0.717, 1.165) is 12.0 Å². The first kappa shape index (κ1) is 6.89. The molecule has 0 saturated carbocycles. The fourth-order valence-electron chi connectivity index (χ4n) is 0.817. The number of benzene rings is 1. The minimum absolute atomic E-state index is 0.801. The summed E-state index contributed by atoms with van der Waals surface area (Å²) < 4.78 is 0. The molecule has 0 spiro atoms. The van der Waals surface area contributed by atoms with Crippen molar-refractivity contribution in [3.8, 4) is 12.3 Å². The summed E-state index contributed by atoms with van der Waals surface area (Å²) >= 11 is 0. The van der Waals surface area contributed by atoms with Gasteiger partial charge in [0.25, 0.3) is 0 Å². The first-order valence-corrected chi connectivity index (χ1v) is 3.21. The molecule has 1 rings (SSSR count). The molecular weight excluding hydrogens is 120 g/mol. The highest BCUT2D eigenvalue weighted by Gasteiger charge is 1.88. The lowest BCUT2D eigenvalue weighted by molar-refractivity contribution is 1.27. The minimum Gasteiger partial charge on any atom is -0.115 e. The molecule has 0 saturated heterocycles. The van der Waals surface area contributed by atoms with E-state index in [9.17, 15) is 0 Å². The molecule has 0 unspecified atom stereocenters. The first-order valence-electron chi connectivity index (χ1n) is 3.21. The molecule has 1 radical (unpaired) electrons. The Hall–Kier alpha value is -1.22. The standard InChI is InChI=1S/C10H9/c1-3-9-6-5-7-10(4-2)8-9/h1,5-8H,2,4H2. The van der Waals surface area contributed by atoms with Gasteiger partial charge in [-0.1, -0.05) is 18.1 Å². The third-order valence-corrected chi connectivity index (χ3v) is 1.38. The van der Waals surface area contributed by atoms with Crippen molar-refractivity contribution < 1.29 is 0 Å². The molecule has 49 valence electrons. The van der Waals surface area contributed by atoms with Crippen LogP contribution >= 0.6 is 0 Å². The molecule has 0 aliphatic rings. The smallest absolute Gasteiger partial charge is 0.0245 e. The highest BCUT2D eigenvalue weighted by atomic mass is 13.9. The Kier molecular flexibility index (Phi) is 2.12. The van der Waals surface area contributed by atoms with Crippen LogP contribution in [-0.2, 0) is 6.42 Å². The molecule has 0 N–H and O–H groups in total. The van der Waals surface area contributed by atoms with Gasteiger partial charge < -0.3 is 0 Å². The quantitative estimate of drug-likeness (QED) is 0.509. The molecule has 1 aromatic rings. The lowest BCUT2D eigenvalue weighted by Crippen LogP contribution is -1.80. The van der Waals surface area contributed by atoms with E-state index >= 15 is 0 Å². The molecule has 0 amide bonds. The van der Waals surface area contributed by atoms with Gasteiger partial charge in [-0.15, -0.1) is 6.42 Å². The van der Waals surface area contributed by atoms with E-state index < -0.39 is 0 Å². The van der Waals surface area contributed by atoms with E-state index in [4.69, 9.17) is 6.42 Å². The Bertz CT molecular complexity index is 253. The van der Waals surface area contributed by atoms with Crippen molar-refractivity contribution in [2.24, 2.45) is 0 Å². The maximum atomic E-state index is 5.20. The summed E-state index contributed by atoms with van der Waals surface area (Å²) in [6, 6.07) is 7.87. The zero-order valence-corrected chi connectivity index (χ0v) is 5.80. The van der Waals surface area contributed by atoms with Crippen LogP contribution in [-0.4, -0.2) is 0 Å². The third kappa shape index (κ3) is 1.39. The lowest BCUT2D eigenvalue weighted by Gasteiger charge is -1.94. The summed E-state index contributed by atoms with van der Waals surface area (Å²) in [6.07, 6.45) is 6.00. The van der Waals surface area contributed by atoms with Gasteiger partial charge in [-0.05, 0) is 31.0 Å². The maximum absolute atomic E-state index is 5.20. The molecule has 0 heteroatoms. The number of hydrogen-bond donors (Lipinski definition) is 0. The summed E-state index contributed by atoms with van der Waals surface area (Å²) in [4.78, 5) is 0. The van der Waals surface area contributed by atoms with Gasteiger partial charge in [-0.3, -0.25) is 0 Å². The monoisotopic (exact) mass is 129 g/mol. The first-order chi connectivity index (χ1) is 4.86. The summed E-state index contributed by atoms with van der Waals surface area (Å²) in [5.41, 5.74) is 2.12. The van der Waals surface area contributed by atoms with E-state index in [1.54, 1.807) is 0 Å². The average molecular weight is 129 g/mol. The van der Waals surface area contributed by atoms with Crippen LogP contribution in [0.15, 0.2) is 24.3 Å². The number of rotatable bonds is 1. The van der Waals surface area contributed by atoms with E-state index in [2.05, 4.69) is 12.8 Å². The molecule has 0 bridgehead atoms. The normalized spacial score (nSPS) is 8.80. The summed E-state index contributed by atoms with van der Waals surface area (Å²) in [7, 11) is 0. The third-order valence-electron chi connectivity index (χ3n) is 1.38. The Balaban J connectivity index is 3.01. The second kappa shape index (κ2) is 3.08. The van der Waals surface area contributed by atoms with Crippen molar-refractivity contribution in [3.63, 3.8) is 0 Å². The molecule has 0 nitrogen and oxygen atoms in total. The molecule has 0 atom stereocenters. The van der Waals surface area contributed by atoms with Gasteiger partial charge >= 0.3 is 0 Å². The number of hydrogen-bond acceptors (Lipinski definition) is 0. The van der Waals surface area contributed by atoms with Crippen LogP contribution in [0.2, 0.25) is 0 Å². The molecule has 10 heavy (non-hydrogen) atoms. The topological polar surface area (TPSA) is 0 Å². The lowest BCUT2D eigenvalue weighted by atomic mass is 10.1. The fraction of sp³-hybridized carbons (Fsp3) is 0.100. The SMILES string of the molecule is C#Cc1cccc(C[CH2])c1. The van der Waals surface area contributed by atoms with Gasteiger partial charge in [0, 0.05) is 5.56 Å². The second-order valence-corrected chi connectivity index (χ2v) is 2.09. The highest BCUT2D eigenvalue weighted by Crippen LogP contribution is 2.03. The van der Waals surface area contributed by atoms with Crippen LogP contribution < -0.4 is 0 Å². The van der Waals surface area contributed by atoms with Crippen LogP contribution in [0.3, 0.4) is 0 Å². The van der Waals surface area contributed by atoms with Crippen molar-refractivity contribution in [3.05, 3.63) is 42.3 Å². The molecule has 0 fully saturated rings. The van der Waals surface area contributed by atoms with Crippen molar-refractivity contribution in [1.29, 1.82) is 0 Å². The van der Waals surface area contributed by atoms with Crippen molar-refractivity contribution >= 4 is 0 Å². The van der Waals surface area contributed by atoms with E-state index in [1.165, 1.54) is 5.56 Å². The van der Waals surface area contributed by atoms with Gasteiger partial charge in [-0.25, -0.2) is 0 Å². The van der Waals surface area contributed by atoms with Crippen LogP contribution in [0.4, 0.5) is 0 Å².